The highest BCUT2D eigenvalue weighted by Crippen LogP contribution is 2.48. The average Bonchev–Trinajstić information content (AvgIpc) is 2.43. The summed E-state index contributed by atoms with van der Waals surface area (Å²) in [7, 11) is 0. The zero-order valence-electron chi connectivity index (χ0n) is 13.2. The Labute approximate surface area is 122 Å². The molecule has 0 unspecified atom stereocenters. The summed E-state index contributed by atoms with van der Waals surface area (Å²) in [6.07, 6.45) is 5.57. The highest BCUT2D eigenvalue weighted by atomic mass is 17.4. The van der Waals surface area contributed by atoms with Crippen molar-refractivity contribution in [3.63, 3.8) is 0 Å². The maximum absolute atomic E-state index is 5.75. The van der Waals surface area contributed by atoms with Crippen LogP contribution in [0.5, 0.6) is 0 Å². The van der Waals surface area contributed by atoms with E-state index < -0.39 is 11.6 Å². The third-order valence-electron chi connectivity index (χ3n) is 5.86. The van der Waals surface area contributed by atoms with Crippen LogP contribution in [-0.2, 0) is 19.6 Å². The molecular formula is C16H28O4. The molecule has 0 bridgehead atoms. The quantitative estimate of drug-likeness (QED) is 0.625. The van der Waals surface area contributed by atoms with Gasteiger partial charge in [-0.1, -0.05) is 27.7 Å². The molecule has 20 heavy (non-hydrogen) atoms. The molecule has 0 radical (unpaired) electrons. The molecular weight excluding hydrogens is 256 g/mol. The van der Waals surface area contributed by atoms with E-state index in [1.165, 1.54) is 0 Å². The van der Waals surface area contributed by atoms with Gasteiger partial charge in [-0.25, -0.2) is 0 Å². The molecule has 4 atom stereocenters. The zero-order valence-corrected chi connectivity index (χ0v) is 13.2. The van der Waals surface area contributed by atoms with Crippen molar-refractivity contribution in [3.05, 3.63) is 0 Å². The largest absolute Gasteiger partial charge is 0.234 e. The predicted molar refractivity (Wildman–Crippen MR) is 74.2 cm³/mol. The van der Waals surface area contributed by atoms with E-state index in [1.807, 2.05) is 0 Å². The van der Waals surface area contributed by atoms with Gasteiger partial charge in [0.2, 0.25) is 11.6 Å². The van der Waals surface area contributed by atoms with Crippen LogP contribution in [-0.4, -0.2) is 11.6 Å². The van der Waals surface area contributed by atoms with E-state index >= 15 is 0 Å². The summed E-state index contributed by atoms with van der Waals surface area (Å²) >= 11 is 0. The second-order valence-electron chi connectivity index (χ2n) is 7.55. The van der Waals surface area contributed by atoms with Gasteiger partial charge in [-0.05, 0) is 36.5 Å². The molecule has 1 heterocycles. The molecule has 4 heteroatoms. The van der Waals surface area contributed by atoms with Crippen LogP contribution in [0.15, 0.2) is 0 Å². The smallest absolute Gasteiger partial charge is 0.195 e. The van der Waals surface area contributed by atoms with Gasteiger partial charge in [-0.2, -0.15) is 19.6 Å². The Morgan fingerprint density at radius 2 is 0.950 bits per heavy atom. The zero-order chi connectivity index (χ0) is 14.4. The van der Waals surface area contributed by atoms with E-state index in [-0.39, 0.29) is 0 Å². The van der Waals surface area contributed by atoms with Crippen molar-refractivity contribution in [1.29, 1.82) is 0 Å². The van der Waals surface area contributed by atoms with Gasteiger partial charge in [-0.3, -0.25) is 0 Å². The van der Waals surface area contributed by atoms with Crippen molar-refractivity contribution in [2.24, 2.45) is 23.7 Å². The van der Waals surface area contributed by atoms with Gasteiger partial charge in [0.1, 0.15) is 0 Å². The van der Waals surface area contributed by atoms with Gasteiger partial charge in [0, 0.05) is 25.7 Å². The van der Waals surface area contributed by atoms with Gasteiger partial charge in [0.15, 0.2) is 0 Å². The maximum atomic E-state index is 5.75. The summed E-state index contributed by atoms with van der Waals surface area (Å²) in [6, 6.07) is 0. The van der Waals surface area contributed by atoms with Gasteiger partial charge < -0.3 is 0 Å². The first kappa shape index (κ1) is 14.8. The lowest BCUT2D eigenvalue weighted by atomic mass is 9.78. The first-order chi connectivity index (χ1) is 9.44. The van der Waals surface area contributed by atoms with Gasteiger partial charge in [0.25, 0.3) is 0 Å². The van der Waals surface area contributed by atoms with Gasteiger partial charge >= 0.3 is 0 Å². The van der Waals surface area contributed by atoms with Crippen LogP contribution in [0.4, 0.5) is 0 Å². The molecule has 2 aliphatic carbocycles. The Morgan fingerprint density at radius 1 is 0.600 bits per heavy atom. The normalized spacial score (nSPS) is 53.4. The molecule has 0 aromatic carbocycles. The summed E-state index contributed by atoms with van der Waals surface area (Å²) in [5.74, 6) is 1.19. The fourth-order valence-electron chi connectivity index (χ4n) is 3.69. The third kappa shape index (κ3) is 2.63. The molecule has 116 valence electrons. The first-order valence-electron chi connectivity index (χ1n) is 8.17. The van der Waals surface area contributed by atoms with Crippen LogP contribution in [0.2, 0.25) is 0 Å². The summed E-state index contributed by atoms with van der Waals surface area (Å²) in [5, 5.41) is 0. The minimum atomic E-state index is -0.677. The molecule has 3 fully saturated rings. The van der Waals surface area contributed by atoms with Crippen molar-refractivity contribution in [3.8, 4) is 0 Å². The van der Waals surface area contributed by atoms with Crippen LogP contribution in [0, 0.1) is 23.7 Å². The minimum absolute atomic E-state index is 0.565. The highest BCUT2D eigenvalue weighted by Gasteiger charge is 2.53. The maximum Gasteiger partial charge on any atom is 0.234 e. The number of hydrogen-bond acceptors (Lipinski definition) is 4. The van der Waals surface area contributed by atoms with Crippen molar-refractivity contribution in [2.45, 2.75) is 77.8 Å². The van der Waals surface area contributed by atoms with Crippen molar-refractivity contribution in [2.75, 3.05) is 0 Å². The van der Waals surface area contributed by atoms with Crippen LogP contribution < -0.4 is 0 Å². The van der Waals surface area contributed by atoms with E-state index in [2.05, 4.69) is 27.7 Å². The second kappa shape index (κ2) is 5.24. The summed E-state index contributed by atoms with van der Waals surface area (Å²) in [5.41, 5.74) is 0. The Balaban J connectivity index is 1.62. The monoisotopic (exact) mass is 284 g/mol. The van der Waals surface area contributed by atoms with Crippen LogP contribution in [0.1, 0.15) is 66.2 Å². The highest BCUT2D eigenvalue weighted by molar-refractivity contribution is 4.85. The Bertz CT molecular complexity index is 314. The van der Waals surface area contributed by atoms with E-state index in [4.69, 9.17) is 19.6 Å². The van der Waals surface area contributed by atoms with Crippen LogP contribution >= 0.6 is 0 Å². The third-order valence-corrected chi connectivity index (χ3v) is 5.86. The lowest BCUT2D eigenvalue weighted by Gasteiger charge is -2.49. The lowest BCUT2D eigenvalue weighted by Crippen LogP contribution is -2.55. The van der Waals surface area contributed by atoms with Gasteiger partial charge in [-0.15, -0.1) is 0 Å². The first-order valence-corrected chi connectivity index (χ1v) is 8.17. The number of hydrogen-bond donors (Lipinski definition) is 0. The SMILES string of the molecule is C[C@@H]1CCC2(C[C@H]1C)OOC1(CC[C@@H](C)[C@@H](C)C1)OO2. The molecule has 1 aliphatic heterocycles. The molecule has 3 aliphatic rings. The summed E-state index contributed by atoms with van der Waals surface area (Å²) in [6.45, 7) is 9.06. The van der Waals surface area contributed by atoms with Crippen molar-refractivity contribution < 1.29 is 19.6 Å². The van der Waals surface area contributed by atoms with Crippen molar-refractivity contribution >= 4 is 0 Å². The van der Waals surface area contributed by atoms with Crippen molar-refractivity contribution in [1.82, 2.24) is 0 Å². The second-order valence-corrected chi connectivity index (χ2v) is 7.55. The van der Waals surface area contributed by atoms with E-state index in [0.717, 1.165) is 38.5 Å². The molecule has 0 amide bonds. The lowest BCUT2D eigenvalue weighted by molar-refractivity contribution is -0.665. The predicted octanol–water partition coefficient (Wildman–Crippen LogP) is 4.20. The Hall–Kier alpha value is -0.160. The van der Waals surface area contributed by atoms with E-state index in [9.17, 15) is 0 Å². The van der Waals surface area contributed by atoms with E-state index in [0.29, 0.717) is 23.7 Å². The van der Waals surface area contributed by atoms with Crippen LogP contribution in [0.25, 0.3) is 0 Å². The van der Waals surface area contributed by atoms with E-state index in [1.54, 1.807) is 0 Å². The molecule has 2 saturated carbocycles. The summed E-state index contributed by atoms with van der Waals surface area (Å²) < 4.78 is 0. The average molecular weight is 284 g/mol. The molecule has 0 N–H and O–H groups in total. The minimum Gasteiger partial charge on any atom is -0.195 e. The molecule has 0 aromatic rings. The topological polar surface area (TPSA) is 36.9 Å². The molecule has 3 rings (SSSR count). The Kier molecular flexibility index (Phi) is 3.87. The van der Waals surface area contributed by atoms with Crippen LogP contribution in [0.3, 0.4) is 0 Å². The number of rotatable bonds is 0. The van der Waals surface area contributed by atoms with Gasteiger partial charge in [0.05, 0.1) is 0 Å². The molecule has 2 spiro atoms. The molecule has 1 saturated heterocycles. The fourth-order valence-corrected chi connectivity index (χ4v) is 3.69. The Morgan fingerprint density at radius 3 is 1.25 bits per heavy atom. The fraction of sp³-hybridized carbons (Fsp3) is 1.00. The summed E-state index contributed by atoms with van der Waals surface area (Å²) in [4.78, 5) is 23.0. The standard InChI is InChI=1S/C16H28O4/c1-11-5-7-15(9-13(11)3)17-19-16(20-18-15)8-6-12(2)14(4)10-16/h11-14H,5-10H2,1-4H3/t11-,12-,13-,14+,15?,16?/m1/s1. The molecule has 4 nitrogen and oxygen atoms in total. The molecule has 0 aromatic heterocycles.